The number of rotatable bonds is 7. The Morgan fingerprint density at radius 2 is 2.05 bits per heavy atom. The predicted molar refractivity (Wildman–Crippen MR) is 73.9 cm³/mol. The van der Waals surface area contributed by atoms with Gasteiger partial charge in [-0.1, -0.05) is 25.5 Å². The Labute approximate surface area is 112 Å². The fourth-order valence-corrected chi connectivity index (χ4v) is 2.72. The molecule has 0 bridgehead atoms. The van der Waals surface area contributed by atoms with Crippen LogP contribution in [0.15, 0.2) is 29.4 Å². The Morgan fingerprint density at radius 1 is 1.26 bits per heavy atom. The van der Waals surface area contributed by atoms with E-state index in [1.54, 1.807) is 12.1 Å². The van der Waals surface area contributed by atoms with Crippen LogP contribution in [0, 0.1) is 0 Å². The van der Waals surface area contributed by atoms with Gasteiger partial charge in [-0.15, -0.1) is 0 Å². The number of imidazole rings is 1. The molecule has 19 heavy (non-hydrogen) atoms. The van der Waals surface area contributed by atoms with Crippen molar-refractivity contribution in [2.45, 2.75) is 24.9 Å². The van der Waals surface area contributed by atoms with Crippen LogP contribution in [0.25, 0.3) is 11.0 Å². The van der Waals surface area contributed by atoms with Crippen LogP contribution in [-0.2, 0) is 14.6 Å². The lowest BCUT2D eigenvalue weighted by Gasteiger charge is -2.02. The molecule has 0 radical (unpaired) electrons. The summed E-state index contributed by atoms with van der Waals surface area (Å²) in [4.78, 5) is 6.93. The number of sulfone groups is 1. The summed E-state index contributed by atoms with van der Waals surface area (Å²) in [7, 11) is -3.40. The minimum Gasteiger partial charge on any atom is -0.380 e. The van der Waals surface area contributed by atoms with E-state index in [9.17, 15) is 8.42 Å². The number of hydrogen-bond donors (Lipinski definition) is 1. The molecule has 6 heteroatoms. The maximum absolute atomic E-state index is 12.1. The van der Waals surface area contributed by atoms with Gasteiger partial charge < -0.3 is 9.72 Å². The minimum absolute atomic E-state index is 0.0211. The van der Waals surface area contributed by atoms with E-state index in [-0.39, 0.29) is 17.5 Å². The van der Waals surface area contributed by atoms with Crippen molar-refractivity contribution in [2.75, 3.05) is 19.0 Å². The number of fused-ring (bicyclic) bond motifs is 1. The third kappa shape index (κ3) is 3.54. The Balaban J connectivity index is 2.02. The third-order valence-electron chi connectivity index (χ3n) is 2.80. The van der Waals surface area contributed by atoms with E-state index in [1.807, 2.05) is 12.1 Å². The molecular formula is C13H18N2O3S. The Bertz CT molecular complexity index is 601. The average Bonchev–Trinajstić information content (AvgIpc) is 2.83. The highest BCUT2D eigenvalue weighted by Crippen LogP contribution is 2.14. The molecule has 0 atom stereocenters. The summed E-state index contributed by atoms with van der Waals surface area (Å²) in [6.45, 7) is 2.88. The van der Waals surface area contributed by atoms with E-state index >= 15 is 0 Å². The van der Waals surface area contributed by atoms with Gasteiger partial charge in [-0.25, -0.2) is 13.4 Å². The molecule has 0 aliphatic rings. The van der Waals surface area contributed by atoms with Crippen LogP contribution in [0.4, 0.5) is 0 Å². The molecule has 1 N–H and O–H groups in total. The molecule has 5 nitrogen and oxygen atoms in total. The number of unbranched alkanes of at least 4 members (excludes halogenated alkanes) is 1. The summed E-state index contributed by atoms with van der Waals surface area (Å²) < 4.78 is 29.4. The maximum Gasteiger partial charge on any atom is 0.226 e. The summed E-state index contributed by atoms with van der Waals surface area (Å²) in [5, 5.41) is 0.0211. The highest BCUT2D eigenvalue weighted by atomic mass is 32.2. The van der Waals surface area contributed by atoms with Gasteiger partial charge >= 0.3 is 0 Å². The maximum atomic E-state index is 12.1. The van der Waals surface area contributed by atoms with Crippen LogP contribution in [0.2, 0.25) is 0 Å². The largest absolute Gasteiger partial charge is 0.380 e. The number of hydrogen-bond acceptors (Lipinski definition) is 4. The van der Waals surface area contributed by atoms with E-state index < -0.39 is 9.84 Å². The van der Waals surface area contributed by atoms with Gasteiger partial charge in [-0.3, -0.25) is 0 Å². The Kier molecular flexibility index (Phi) is 4.55. The van der Waals surface area contributed by atoms with Crippen LogP contribution in [0.3, 0.4) is 0 Å². The molecule has 0 aliphatic carbocycles. The molecule has 104 valence electrons. The quantitative estimate of drug-likeness (QED) is 0.790. The first-order valence-corrected chi connectivity index (χ1v) is 8.04. The standard InChI is InChI=1S/C13H18N2O3S/c1-2-3-8-18-9-10-19(16,17)13-14-11-6-4-5-7-12(11)15-13/h4-7H,2-3,8-10H2,1H3,(H,14,15). The van der Waals surface area contributed by atoms with Crippen molar-refractivity contribution < 1.29 is 13.2 Å². The number of nitrogens with one attached hydrogen (secondary N) is 1. The summed E-state index contributed by atoms with van der Waals surface area (Å²) >= 11 is 0. The van der Waals surface area contributed by atoms with E-state index in [1.165, 1.54) is 0 Å². The number of para-hydroxylation sites is 2. The van der Waals surface area contributed by atoms with Gasteiger partial charge in [0.05, 0.1) is 23.4 Å². The van der Waals surface area contributed by atoms with E-state index in [4.69, 9.17) is 4.74 Å². The molecule has 1 aromatic carbocycles. The van der Waals surface area contributed by atoms with Crippen LogP contribution < -0.4 is 0 Å². The van der Waals surface area contributed by atoms with Crippen molar-refractivity contribution in [3.63, 3.8) is 0 Å². The molecule has 0 aliphatic heterocycles. The fourth-order valence-electron chi connectivity index (χ4n) is 1.69. The van der Waals surface area contributed by atoms with E-state index in [0.717, 1.165) is 18.4 Å². The molecular weight excluding hydrogens is 264 g/mol. The van der Waals surface area contributed by atoms with Gasteiger partial charge in [0.25, 0.3) is 0 Å². The number of nitrogens with zero attached hydrogens (tertiary/aromatic N) is 1. The zero-order valence-electron chi connectivity index (χ0n) is 10.9. The molecule has 0 amide bonds. The lowest BCUT2D eigenvalue weighted by molar-refractivity contribution is 0.146. The monoisotopic (exact) mass is 282 g/mol. The first kappa shape index (κ1) is 14.0. The second kappa shape index (κ2) is 6.16. The van der Waals surface area contributed by atoms with E-state index in [2.05, 4.69) is 16.9 Å². The van der Waals surface area contributed by atoms with Gasteiger partial charge in [-0.05, 0) is 18.6 Å². The molecule has 1 heterocycles. The Morgan fingerprint density at radius 3 is 2.79 bits per heavy atom. The molecule has 2 aromatic rings. The number of aromatic nitrogens is 2. The van der Waals surface area contributed by atoms with Gasteiger partial charge in [0, 0.05) is 6.61 Å². The summed E-state index contributed by atoms with van der Waals surface area (Å²) in [6.07, 6.45) is 1.99. The zero-order valence-corrected chi connectivity index (χ0v) is 11.7. The van der Waals surface area contributed by atoms with Crippen molar-refractivity contribution in [3.8, 4) is 0 Å². The van der Waals surface area contributed by atoms with Crippen molar-refractivity contribution in [1.82, 2.24) is 9.97 Å². The molecule has 0 unspecified atom stereocenters. The number of H-pyrrole nitrogens is 1. The highest BCUT2D eigenvalue weighted by Gasteiger charge is 2.18. The minimum atomic E-state index is -3.40. The number of ether oxygens (including phenoxy) is 1. The number of aromatic amines is 1. The van der Waals surface area contributed by atoms with Crippen molar-refractivity contribution >= 4 is 20.9 Å². The molecule has 0 spiro atoms. The fraction of sp³-hybridized carbons (Fsp3) is 0.462. The van der Waals surface area contributed by atoms with Crippen LogP contribution in [0.1, 0.15) is 19.8 Å². The second-order valence-corrected chi connectivity index (χ2v) is 6.37. The van der Waals surface area contributed by atoms with Crippen molar-refractivity contribution in [2.24, 2.45) is 0 Å². The van der Waals surface area contributed by atoms with E-state index in [0.29, 0.717) is 12.1 Å². The zero-order chi connectivity index (χ0) is 13.7. The number of benzene rings is 1. The molecule has 1 aromatic heterocycles. The van der Waals surface area contributed by atoms with Crippen molar-refractivity contribution in [3.05, 3.63) is 24.3 Å². The molecule has 0 saturated carbocycles. The molecule has 0 saturated heterocycles. The normalized spacial score (nSPS) is 12.1. The predicted octanol–water partition coefficient (Wildman–Crippen LogP) is 2.15. The molecule has 0 fully saturated rings. The summed E-state index contributed by atoms with van der Waals surface area (Å²) in [5.74, 6) is -0.0451. The van der Waals surface area contributed by atoms with Gasteiger partial charge in [0.2, 0.25) is 15.0 Å². The first-order valence-electron chi connectivity index (χ1n) is 6.39. The SMILES string of the molecule is CCCCOCCS(=O)(=O)c1nc2ccccc2[nH]1. The van der Waals surface area contributed by atoms with Crippen molar-refractivity contribution in [1.29, 1.82) is 0 Å². The van der Waals surface area contributed by atoms with Crippen LogP contribution in [0.5, 0.6) is 0 Å². The lowest BCUT2D eigenvalue weighted by atomic mass is 10.3. The highest BCUT2D eigenvalue weighted by molar-refractivity contribution is 7.91. The summed E-state index contributed by atoms with van der Waals surface area (Å²) in [6, 6.07) is 7.25. The average molecular weight is 282 g/mol. The summed E-state index contributed by atoms with van der Waals surface area (Å²) in [5.41, 5.74) is 1.39. The topological polar surface area (TPSA) is 72.1 Å². The van der Waals surface area contributed by atoms with Crippen LogP contribution in [-0.4, -0.2) is 37.4 Å². The molecule has 2 rings (SSSR count). The van der Waals surface area contributed by atoms with Crippen LogP contribution >= 0.6 is 0 Å². The van der Waals surface area contributed by atoms with Gasteiger partial charge in [-0.2, -0.15) is 0 Å². The lowest BCUT2D eigenvalue weighted by Crippen LogP contribution is -2.14. The van der Waals surface area contributed by atoms with Gasteiger partial charge in [0.1, 0.15) is 0 Å². The first-order chi connectivity index (χ1) is 9.13. The third-order valence-corrected chi connectivity index (χ3v) is 4.29. The Hall–Kier alpha value is -1.40. The van der Waals surface area contributed by atoms with Gasteiger partial charge in [0.15, 0.2) is 0 Å². The second-order valence-electron chi connectivity index (χ2n) is 4.34. The smallest absolute Gasteiger partial charge is 0.226 e.